The summed E-state index contributed by atoms with van der Waals surface area (Å²) in [5, 5.41) is 9.66. The Morgan fingerprint density at radius 1 is 0.435 bits per heavy atom. The molecule has 0 radical (unpaired) electrons. The lowest BCUT2D eigenvalue weighted by atomic mass is 9.97. The molecule has 0 atom stereocenters. The van der Waals surface area contributed by atoms with Crippen LogP contribution in [0.25, 0.3) is 103 Å². The summed E-state index contributed by atoms with van der Waals surface area (Å²) in [7, 11) is 0. The number of nitrogens with zero attached hydrogens (tertiary/aromatic N) is 1. The minimum absolute atomic E-state index is 0.878. The fourth-order valence-electron chi connectivity index (χ4n) is 7.65. The third-order valence-corrected chi connectivity index (χ3v) is 10.8. The maximum atomic E-state index is 6.68. The summed E-state index contributed by atoms with van der Waals surface area (Å²) in [4.78, 5) is 0. The number of benzene rings is 7. The van der Waals surface area contributed by atoms with Gasteiger partial charge < -0.3 is 13.4 Å². The van der Waals surface area contributed by atoms with Crippen molar-refractivity contribution in [3.8, 4) is 16.8 Å². The van der Waals surface area contributed by atoms with Crippen molar-refractivity contribution in [1.29, 1.82) is 0 Å². The van der Waals surface area contributed by atoms with Crippen LogP contribution in [0.5, 0.6) is 0 Å². The maximum Gasteiger partial charge on any atom is 0.143 e. The highest BCUT2D eigenvalue weighted by atomic mass is 32.1. The van der Waals surface area contributed by atoms with Crippen molar-refractivity contribution >= 4 is 97.2 Å². The molecule has 11 rings (SSSR count). The Labute approximate surface area is 266 Å². The molecule has 4 aromatic heterocycles. The van der Waals surface area contributed by atoms with Gasteiger partial charge in [-0.25, -0.2) is 0 Å². The molecule has 0 N–H and O–H groups in total. The average Bonchev–Trinajstić information content (AvgIpc) is 3.86. The summed E-state index contributed by atoms with van der Waals surface area (Å²) in [5.74, 6) is 0. The number of furan rings is 2. The molecule has 214 valence electrons. The molecule has 0 fully saturated rings. The maximum absolute atomic E-state index is 6.68. The zero-order chi connectivity index (χ0) is 29.9. The number of hydrogen-bond acceptors (Lipinski definition) is 3. The topological polar surface area (TPSA) is 31.2 Å². The molecule has 0 bridgehead atoms. The summed E-state index contributed by atoms with van der Waals surface area (Å²) in [6, 6.07) is 49.7. The fraction of sp³-hybridized carbons (Fsp3) is 0. The summed E-state index contributed by atoms with van der Waals surface area (Å²) in [6.45, 7) is 0. The van der Waals surface area contributed by atoms with Gasteiger partial charge in [-0.05, 0) is 54.1 Å². The lowest BCUT2D eigenvalue weighted by Gasteiger charge is -2.08. The summed E-state index contributed by atoms with van der Waals surface area (Å²) in [6.07, 6.45) is 0. The highest BCUT2D eigenvalue weighted by Crippen LogP contribution is 2.45. The largest absolute Gasteiger partial charge is 0.456 e. The van der Waals surface area contributed by atoms with E-state index >= 15 is 0 Å². The lowest BCUT2D eigenvalue weighted by molar-refractivity contribution is 0.668. The highest BCUT2D eigenvalue weighted by Gasteiger charge is 2.20. The third kappa shape index (κ3) is 3.16. The number of para-hydroxylation sites is 3. The van der Waals surface area contributed by atoms with Crippen LogP contribution in [-0.4, -0.2) is 4.57 Å². The molecule has 4 heteroatoms. The molecule has 0 aliphatic rings. The predicted octanol–water partition coefficient (Wildman–Crippen LogP) is 12.6. The Kier molecular flexibility index (Phi) is 4.72. The van der Waals surface area contributed by atoms with Crippen LogP contribution in [0.3, 0.4) is 0 Å². The molecule has 0 saturated heterocycles. The standard InChI is InChI=1S/C42H23NO2S/c1-4-15-33-30(10-1)40-34(21-20-29-25-9-3-6-18-38(25)46-42(29)40)43(33)24-19-22-36-32(23-24)28-14-7-13-27(41(28)45-36)26-12-8-17-37-39(26)31-11-2-5-16-35(31)44-37/h1-23H. The minimum atomic E-state index is 0.878. The second-order valence-electron chi connectivity index (χ2n) is 12.0. The van der Waals surface area contributed by atoms with Crippen LogP contribution >= 0.6 is 11.3 Å². The Balaban J connectivity index is 1.18. The van der Waals surface area contributed by atoms with Gasteiger partial charge in [0.1, 0.15) is 22.3 Å². The molecule has 0 saturated carbocycles. The van der Waals surface area contributed by atoms with E-state index in [2.05, 4.69) is 126 Å². The van der Waals surface area contributed by atoms with E-state index in [-0.39, 0.29) is 0 Å². The van der Waals surface area contributed by atoms with Crippen LogP contribution in [-0.2, 0) is 0 Å². The van der Waals surface area contributed by atoms with Crippen LogP contribution in [0.2, 0.25) is 0 Å². The van der Waals surface area contributed by atoms with Gasteiger partial charge >= 0.3 is 0 Å². The smallest absolute Gasteiger partial charge is 0.143 e. The monoisotopic (exact) mass is 605 g/mol. The highest BCUT2D eigenvalue weighted by molar-refractivity contribution is 7.26. The Hall–Kier alpha value is -5.84. The molecule has 0 spiro atoms. The number of hydrogen-bond donors (Lipinski definition) is 0. The Morgan fingerprint density at radius 2 is 1.17 bits per heavy atom. The van der Waals surface area contributed by atoms with E-state index in [0.29, 0.717) is 0 Å². The first-order chi connectivity index (χ1) is 22.8. The molecule has 0 aliphatic heterocycles. The third-order valence-electron chi connectivity index (χ3n) is 9.61. The molecule has 11 aromatic rings. The number of rotatable bonds is 2. The predicted molar refractivity (Wildman–Crippen MR) is 194 cm³/mol. The first kappa shape index (κ1) is 24.5. The SMILES string of the molecule is c1ccc2c(c1)oc1cccc(-c3cccc4c3oc3ccc(-n5c6ccccc6c6c7sc8ccccc8c7ccc65)cc34)c12. The first-order valence-corrected chi connectivity index (χ1v) is 16.3. The average molecular weight is 606 g/mol. The van der Waals surface area contributed by atoms with Gasteiger partial charge in [0.05, 0.1) is 11.0 Å². The van der Waals surface area contributed by atoms with Crippen molar-refractivity contribution in [2.75, 3.05) is 0 Å². The van der Waals surface area contributed by atoms with Crippen molar-refractivity contribution in [3.63, 3.8) is 0 Å². The summed E-state index contributed by atoms with van der Waals surface area (Å²) >= 11 is 1.89. The van der Waals surface area contributed by atoms with E-state index in [1.807, 2.05) is 29.5 Å². The molecule has 0 aliphatic carbocycles. The summed E-state index contributed by atoms with van der Waals surface area (Å²) < 4.78 is 18.0. The van der Waals surface area contributed by atoms with Crippen molar-refractivity contribution in [2.24, 2.45) is 0 Å². The first-order valence-electron chi connectivity index (χ1n) is 15.5. The Bertz CT molecular complexity index is 3040. The lowest BCUT2D eigenvalue weighted by Crippen LogP contribution is -1.93. The Morgan fingerprint density at radius 3 is 2.13 bits per heavy atom. The molecule has 3 nitrogen and oxygen atoms in total. The zero-order valence-corrected chi connectivity index (χ0v) is 25.3. The quantitative estimate of drug-likeness (QED) is 0.196. The van der Waals surface area contributed by atoms with Gasteiger partial charge in [0.15, 0.2) is 0 Å². The van der Waals surface area contributed by atoms with E-state index < -0.39 is 0 Å². The summed E-state index contributed by atoms with van der Waals surface area (Å²) in [5.41, 5.74) is 9.26. The van der Waals surface area contributed by atoms with Crippen molar-refractivity contribution in [2.45, 2.75) is 0 Å². The number of aromatic nitrogens is 1. The fourth-order valence-corrected chi connectivity index (χ4v) is 8.91. The number of fused-ring (bicyclic) bond motifs is 13. The molecule has 0 unspecified atom stereocenters. The van der Waals surface area contributed by atoms with Gasteiger partial charge in [-0.1, -0.05) is 91.0 Å². The number of thiophene rings is 1. The molecule has 7 aromatic carbocycles. The molecular weight excluding hydrogens is 583 g/mol. The van der Waals surface area contributed by atoms with Crippen LogP contribution in [0, 0.1) is 0 Å². The van der Waals surface area contributed by atoms with Crippen LogP contribution in [0.1, 0.15) is 0 Å². The van der Waals surface area contributed by atoms with E-state index in [0.717, 1.165) is 60.7 Å². The zero-order valence-electron chi connectivity index (χ0n) is 24.5. The van der Waals surface area contributed by atoms with Gasteiger partial charge in [0.25, 0.3) is 0 Å². The molecule has 46 heavy (non-hydrogen) atoms. The van der Waals surface area contributed by atoms with Crippen LogP contribution < -0.4 is 0 Å². The van der Waals surface area contributed by atoms with Crippen LogP contribution in [0.4, 0.5) is 0 Å². The van der Waals surface area contributed by atoms with E-state index in [1.54, 1.807) is 0 Å². The molecular formula is C42H23NO2S. The van der Waals surface area contributed by atoms with Crippen molar-refractivity contribution in [1.82, 2.24) is 4.57 Å². The van der Waals surface area contributed by atoms with E-state index in [1.165, 1.54) is 42.0 Å². The van der Waals surface area contributed by atoms with Crippen molar-refractivity contribution < 1.29 is 8.83 Å². The van der Waals surface area contributed by atoms with Crippen molar-refractivity contribution in [3.05, 3.63) is 140 Å². The van der Waals surface area contributed by atoms with E-state index in [9.17, 15) is 0 Å². The van der Waals surface area contributed by atoms with Gasteiger partial charge in [0.2, 0.25) is 0 Å². The normalized spacial score (nSPS) is 12.3. The van der Waals surface area contributed by atoms with E-state index in [4.69, 9.17) is 8.83 Å². The molecule has 0 amide bonds. The van der Waals surface area contributed by atoms with Gasteiger partial charge in [0, 0.05) is 63.7 Å². The van der Waals surface area contributed by atoms with Crippen LogP contribution in [0.15, 0.2) is 148 Å². The van der Waals surface area contributed by atoms with Gasteiger partial charge in [-0.15, -0.1) is 11.3 Å². The second-order valence-corrected chi connectivity index (χ2v) is 13.1. The second kappa shape index (κ2) is 8.87. The molecule has 4 heterocycles. The van der Waals surface area contributed by atoms with Gasteiger partial charge in [-0.3, -0.25) is 0 Å². The minimum Gasteiger partial charge on any atom is -0.456 e. The van der Waals surface area contributed by atoms with Gasteiger partial charge in [-0.2, -0.15) is 0 Å².